The summed E-state index contributed by atoms with van der Waals surface area (Å²) in [6.45, 7) is 5.38. The Morgan fingerprint density at radius 3 is 2.47 bits per heavy atom. The molecule has 6 rings (SSSR count). The van der Waals surface area contributed by atoms with E-state index in [9.17, 15) is 4.79 Å². The van der Waals surface area contributed by atoms with E-state index in [1.807, 2.05) is 6.20 Å². The number of nitrogen functional groups attached to an aromatic ring is 1. The number of anilines is 1. The molecule has 5 aliphatic carbocycles. The highest BCUT2D eigenvalue weighted by atomic mass is 16.1. The van der Waals surface area contributed by atoms with Gasteiger partial charge in [-0.05, 0) is 48.5 Å². The first-order valence-electron chi connectivity index (χ1n) is 14.1. The molecular weight excluding hydrogens is 412 g/mol. The van der Waals surface area contributed by atoms with Crippen molar-refractivity contribution in [2.24, 2.45) is 29.1 Å². The van der Waals surface area contributed by atoms with Gasteiger partial charge < -0.3 is 5.73 Å². The van der Waals surface area contributed by atoms with Crippen LogP contribution < -0.4 is 5.73 Å². The molecule has 5 fully saturated rings. The van der Waals surface area contributed by atoms with E-state index in [1.165, 1.54) is 44.9 Å². The van der Waals surface area contributed by atoms with Crippen molar-refractivity contribution < 1.29 is 4.79 Å². The van der Waals surface area contributed by atoms with Crippen molar-refractivity contribution in [2.45, 2.75) is 98.3 Å². The molecule has 3 unspecified atom stereocenters. The summed E-state index contributed by atoms with van der Waals surface area (Å²) in [6.07, 6.45) is 12.1. The Hall–Kier alpha value is -0.995. The molecule has 34 heavy (non-hydrogen) atoms. The van der Waals surface area contributed by atoms with Crippen molar-refractivity contribution in [2.75, 3.05) is 5.73 Å². The van der Waals surface area contributed by atoms with E-state index in [4.69, 9.17) is 5.73 Å². The fraction of sp³-hybridized carbons (Fsp3) is 0.840. The fourth-order valence-corrected chi connectivity index (χ4v) is 11.8. The van der Waals surface area contributed by atoms with Crippen molar-refractivity contribution in [3.05, 3.63) is 12.3 Å². The van der Waals surface area contributed by atoms with Gasteiger partial charge in [0, 0.05) is 12.1 Å². The molecule has 9 heteroatoms. The van der Waals surface area contributed by atoms with Crippen LogP contribution in [-0.4, -0.2) is 54.8 Å². The molecule has 0 amide bonds. The van der Waals surface area contributed by atoms with E-state index < -0.39 is 0 Å². The Morgan fingerprint density at radius 2 is 1.79 bits per heavy atom. The molecule has 0 aromatic carbocycles. The molecule has 5 saturated carbocycles. The van der Waals surface area contributed by atoms with E-state index in [0.29, 0.717) is 34.1 Å². The van der Waals surface area contributed by atoms with E-state index in [2.05, 4.69) is 58.2 Å². The van der Waals surface area contributed by atoms with E-state index >= 15 is 0 Å². The first-order valence-corrected chi connectivity index (χ1v) is 14.1. The first-order chi connectivity index (χ1) is 15.8. The summed E-state index contributed by atoms with van der Waals surface area (Å²) in [5, 5.41) is 5.95. The maximum Gasteiger partial charge on any atom is 0.157 e. The van der Waals surface area contributed by atoms with Gasteiger partial charge >= 0.3 is 0 Å². The number of ketones is 1. The lowest BCUT2D eigenvalue weighted by atomic mass is 9.11. The minimum atomic E-state index is 0.0616. The maximum atomic E-state index is 13.7. The topological polar surface area (TPSA) is 60.9 Å². The molecule has 0 radical (unpaired) electrons. The van der Waals surface area contributed by atoms with Gasteiger partial charge in [-0.2, -0.15) is 5.10 Å². The molecule has 0 saturated heterocycles. The number of nitrogens with zero attached hydrogens (tertiary/aromatic N) is 2. The molecular formula is C25H42B5N3O. The highest BCUT2D eigenvalue weighted by molar-refractivity contribution is 6.40. The van der Waals surface area contributed by atoms with Crippen LogP contribution in [0.15, 0.2) is 12.3 Å². The number of aromatic nitrogens is 2. The molecule has 10 atom stereocenters. The predicted octanol–water partition coefficient (Wildman–Crippen LogP) is 0.673. The number of nitrogens with two attached hydrogens (primary N) is 1. The molecule has 5 aliphatic rings. The normalized spacial score (nSPS) is 55.5. The number of carbonyl (C=O) groups is 1. The monoisotopic (exact) mass is 455 g/mol. The van der Waals surface area contributed by atoms with Gasteiger partial charge in [-0.1, -0.05) is 72.5 Å². The lowest BCUT2D eigenvalue weighted by Crippen LogP contribution is -2.63. The second-order valence-corrected chi connectivity index (χ2v) is 14.9. The van der Waals surface area contributed by atoms with Gasteiger partial charge in [-0.25, -0.2) is 0 Å². The number of Topliss-reactive ketones (excluding diaryl/α,β-unsaturated/α-hetero) is 1. The molecule has 1 aromatic rings. The summed E-state index contributed by atoms with van der Waals surface area (Å²) in [7, 11) is 13.4. The Morgan fingerprint density at radius 1 is 1.09 bits per heavy atom. The molecule has 1 aromatic heterocycles. The van der Waals surface area contributed by atoms with Crippen molar-refractivity contribution >= 4 is 50.8 Å². The zero-order valence-corrected chi connectivity index (χ0v) is 22.7. The van der Waals surface area contributed by atoms with Crippen molar-refractivity contribution in [1.29, 1.82) is 0 Å². The SMILES string of the molecule is B[C@]12CC[C@]3(B)[C@](B)(CC[C@]4(C)C(C(=O)Cn5ccc(N)n5)CC[C@@]34B)[C@@]1(B)C1CC1[C@H](C)C2. The van der Waals surface area contributed by atoms with Crippen molar-refractivity contribution in [1.82, 2.24) is 9.78 Å². The summed E-state index contributed by atoms with van der Waals surface area (Å²) >= 11 is 0. The van der Waals surface area contributed by atoms with Crippen LogP contribution in [0.25, 0.3) is 0 Å². The quantitative estimate of drug-likeness (QED) is 0.683. The summed E-state index contributed by atoms with van der Waals surface area (Å²) in [5.74, 6) is 3.74. The smallest absolute Gasteiger partial charge is 0.157 e. The van der Waals surface area contributed by atoms with Crippen molar-refractivity contribution in [3.63, 3.8) is 0 Å². The Balaban J connectivity index is 1.38. The summed E-state index contributed by atoms with van der Waals surface area (Å²) in [4.78, 5) is 13.7. The lowest BCUT2D eigenvalue weighted by molar-refractivity contribution is -0.129. The lowest BCUT2D eigenvalue weighted by Gasteiger charge is -2.78. The largest absolute Gasteiger partial charge is 0.382 e. The average molecular weight is 455 g/mol. The zero-order valence-electron chi connectivity index (χ0n) is 22.7. The van der Waals surface area contributed by atoms with Crippen LogP contribution in [0.3, 0.4) is 0 Å². The number of hydrogen-bond acceptors (Lipinski definition) is 3. The molecule has 4 nitrogen and oxygen atoms in total. The Kier molecular flexibility index (Phi) is 4.58. The van der Waals surface area contributed by atoms with Gasteiger partial charge in [0.1, 0.15) is 45.0 Å². The second-order valence-electron chi connectivity index (χ2n) is 14.9. The number of carbonyl (C=O) groups excluding carboxylic acids is 1. The van der Waals surface area contributed by atoms with Crippen LogP contribution in [0, 0.1) is 29.1 Å². The molecule has 178 valence electrons. The third-order valence-electron chi connectivity index (χ3n) is 14.6. The fourth-order valence-electron chi connectivity index (χ4n) is 11.8. The number of rotatable bonds is 3. The molecule has 1 heterocycles. The van der Waals surface area contributed by atoms with Crippen LogP contribution >= 0.6 is 0 Å². The van der Waals surface area contributed by atoms with Gasteiger partial charge in [0.2, 0.25) is 0 Å². The summed E-state index contributed by atoms with van der Waals surface area (Å²) in [6, 6.07) is 1.79. The molecule has 0 bridgehead atoms. The van der Waals surface area contributed by atoms with Gasteiger partial charge in [0.25, 0.3) is 0 Å². The zero-order chi connectivity index (χ0) is 24.5. The van der Waals surface area contributed by atoms with Crippen LogP contribution in [-0.2, 0) is 11.3 Å². The third-order valence-corrected chi connectivity index (χ3v) is 14.6. The minimum absolute atomic E-state index is 0.0616. The van der Waals surface area contributed by atoms with Gasteiger partial charge in [-0.15, -0.1) is 0 Å². The van der Waals surface area contributed by atoms with Crippen LogP contribution in [0.1, 0.15) is 65.2 Å². The summed E-state index contributed by atoms with van der Waals surface area (Å²) in [5.41, 5.74) is 5.88. The standard InChI is InChI=1S/C25H42B5N3O/c1-14-12-21(26)7-9-23(28)22(27)5-3-16(18(34)13-33-10-4-19(31)32-33)20(22,2)6-8-24(23,29)25(21,30)17-11-15(14)17/h4,10,14-17H,3,5-9,11-13,26-30H2,1-2H3,(H2,31,32)/t14-,15?,16?,17?,20-,21+,22+,23-,24-,25-/m1/s1. The van der Waals surface area contributed by atoms with Gasteiger partial charge in [0.15, 0.2) is 5.78 Å². The van der Waals surface area contributed by atoms with Gasteiger partial charge in [0.05, 0.1) is 6.54 Å². The maximum absolute atomic E-state index is 13.7. The second kappa shape index (κ2) is 6.65. The highest BCUT2D eigenvalue weighted by Crippen LogP contribution is 2.95. The average Bonchev–Trinajstić information content (AvgIpc) is 3.41. The third kappa shape index (κ3) is 2.39. The van der Waals surface area contributed by atoms with Crippen LogP contribution in [0.4, 0.5) is 5.82 Å². The summed E-state index contributed by atoms with van der Waals surface area (Å²) < 4.78 is 1.74. The molecule has 2 N–H and O–H groups in total. The van der Waals surface area contributed by atoms with Gasteiger partial charge in [-0.3, -0.25) is 9.48 Å². The Bertz CT molecular complexity index is 1070. The van der Waals surface area contributed by atoms with Crippen LogP contribution in [0.5, 0.6) is 0 Å². The molecule has 0 spiro atoms. The van der Waals surface area contributed by atoms with E-state index in [1.54, 1.807) is 10.7 Å². The predicted molar refractivity (Wildman–Crippen MR) is 153 cm³/mol. The highest BCUT2D eigenvalue weighted by Gasteiger charge is 2.79. The number of hydrogen-bond donors (Lipinski definition) is 1. The van der Waals surface area contributed by atoms with E-state index in [-0.39, 0.29) is 22.0 Å². The first kappa shape index (κ1) is 23.4. The Labute approximate surface area is 210 Å². The minimum Gasteiger partial charge on any atom is -0.382 e. The molecule has 0 aliphatic heterocycles. The van der Waals surface area contributed by atoms with E-state index in [0.717, 1.165) is 24.2 Å². The van der Waals surface area contributed by atoms with Crippen molar-refractivity contribution in [3.8, 4) is 0 Å². The number of fused-ring (bicyclic) bond motifs is 7. The van der Waals surface area contributed by atoms with Crippen LogP contribution in [0.2, 0.25) is 26.6 Å².